The molecule has 0 bridgehead atoms. The van der Waals surface area contributed by atoms with Gasteiger partial charge in [-0.1, -0.05) is 0 Å². The van der Waals surface area contributed by atoms with E-state index in [0.717, 1.165) is 43.1 Å². The lowest BCUT2D eigenvalue weighted by atomic mass is 9.94. The van der Waals surface area contributed by atoms with E-state index in [1.165, 1.54) is 0 Å². The summed E-state index contributed by atoms with van der Waals surface area (Å²) in [6, 6.07) is 14.8. The molecule has 6 nitrogen and oxygen atoms in total. The predicted molar refractivity (Wildman–Crippen MR) is 113 cm³/mol. The fourth-order valence-electron chi connectivity index (χ4n) is 3.49. The molecule has 1 fully saturated rings. The lowest BCUT2D eigenvalue weighted by Gasteiger charge is -2.22. The number of rotatable bonds is 5. The van der Waals surface area contributed by atoms with Crippen LogP contribution in [-0.2, 0) is 0 Å². The van der Waals surface area contributed by atoms with Crippen LogP contribution in [0.15, 0.2) is 60.9 Å². The van der Waals surface area contributed by atoms with E-state index < -0.39 is 0 Å². The molecule has 2 N–H and O–H groups in total. The van der Waals surface area contributed by atoms with Crippen molar-refractivity contribution in [3.05, 3.63) is 77.9 Å². The second-order valence-electron chi connectivity index (χ2n) is 7.22. The fraction of sp³-hybridized carbons (Fsp3) is 0.261. The van der Waals surface area contributed by atoms with Gasteiger partial charge in [-0.15, -0.1) is 0 Å². The molecule has 4 rings (SSSR count). The summed E-state index contributed by atoms with van der Waals surface area (Å²) in [7, 11) is 0. The van der Waals surface area contributed by atoms with Crippen molar-refractivity contribution < 1.29 is 9.53 Å². The molecule has 6 heteroatoms. The number of benzene rings is 1. The second-order valence-corrected chi connectivity index (χ2v) is 7.22. The molecule has 148 valence electrons. The number of aryl methyl sites for hydroxylation is 1. The van der Waals surface area contributed by atoms with Gasteiger partial charge in [0.25, 0.3) is 5.91 Å². The Morgan fingerprint density at radius 2 is 1.90 bits per heavy atom. The maximum absolute atomic E-state index is 12.2. The standard InChI is InChI=1S/C23H24N4O2/c1-16-13-21(14-22(26-16)17-8-11-24-12-9-17)29-20-6-4-19(5-7-20)27-23(28)18-3-2-10-25-15-18/h2-7,10,13-15,17,24H,8-9,11-12H2,1H3,(H,27,28). The maximum atomic E-state index is 12.2. The van der Waals surface area contributed by atoms with Crippen LogP contribution in [0, 0.1) is 6.92 Å². The molecule has 3 aromatic rings. The van der Waals surface area contributed by atoms with Crippen molar-refractivity contribution in [1.29, 1.82) is 0 Å². The van der Waals surface area contributed by atoms with Crippen molar-refractivity contribution in [2.45, 2.75) is 25.7 Å². The van der Waals surface area contributed by atoms with Crippen LogP contribution < -0.4 is 15.4 Å². The minimum Gasteiger partial charge on any atom is -0.457 e. The van der Waals surface area contributed by atoms with E-state index in [1.807, 2.05) is 43.3 Å². The number of carbonyl (C=O) groups excluding carboxylic acids is 1. The lowest BCUT2D eigenvalue weighted by Crippen LogP contribution is -2.27. The Labute approximate surface area is 170 Å². The van der Waals surface area contributed by atoms with Crippen molar-refractivity contribution in [3.8, 4) is 11.5 Å². The molecule has 0 saturated carbocycles. The summed E-state index contributed by atoms with van der Waals surface area (Å²) in [5.74, 6) is 1.79. The predicted octanol–water partition coefficient (Wildman–Crippen LogP) is 4.30. The smallest absolute Gasteiger partial charge is 0.257 e. The quantitative estimate of drug-likeness (QED) is 0.682. The van der Waals surface area contributed by atoms with Crippen molar-refractivity contribution in [2.75, 3.05) is 18.4 Å². The van der Waals surface area contributed by atoms with Gasteiger partial charge in [0.2, 0.25) is 0 Å². The van der Waals surface area contributed by atoms with Crippen molar-refractivity contribution in [1.82, 2.24) is 15.3 Å². The van der Waals surface area contributed by atoms with Gasteiger partial charge in [-0.3, -0.25) is 14.8 Å². The molecule has 2 aromatic heterocycles. The molecule has 1 aliphatic rings. The SMILES string of the molecule is Cc1cc(Oc2ccc(NC(=O)c3cccnc3)cc2)cc(C2CCNCC2)n1. The van der Waals surface area contributed by atoms with E-state index >= 15 is 0 Å². The first-order chi connectivity index (χ1) is 14.2. The van der Waals surface area contributed by atoms with Crippen LogP contribution in [0.3, 0.4) is 0 Å². The Hall–Kier alpha value is -3.25. The number of piperidine rings is 1. The number of carbonyl (C=O) groups is 1. The summed E-state index contributed by atoms with van der Waals surface area (Å²) in [5, 5.41) is 6.25. The molecule has 3 heterocycles. The van der Waals surface area contributed by atoms with Gasteiger partial charge in [0.1, 0.15) is 11.5 Å². The van der Waals surface area contributed by atoms with Gasteiger partial charge in [0, 0.05) is 47.5 Å². The third kappa shape index (κ3) is 4.97. The highest BCUT2D eigenvalue weighted by atomic mass is 16.5. The van der Waals surface area contributed by atoms with E-state index in [4.69, 9.17) is 9.72 Å². The molecule has 29 heavy (non-hydrogen) atoms. The Bertz CT molecular complexity index is 968. The van der Waals surface area contributed by atoms with Gasteiger partial charge >= 0.3 is 0 Å². The summed E-state index contributed by atoms with van der Waals surface area (Å²) in [5.41, 5.74) is 3.27. The van der Waals surface area contributed by atoms with Gasteiger partial charge in [-0.2, -0.15) is 0 Å². The third-order valence-corrected chi connectivity index (χ3v) is 4.98. The average molecular weight is 388 g/mol. The minimum absolute atomic E-state index is 0.192. The molecule has 1 saturated heterocycles. The highest BCUT2D eigenvalue weighted by Crippen LogP contribution is 2.29. The molecule has 1 aliphatic heterocycles. The number of amides is 1. The van der Waals surface area contributed by atoms with Crippen LogP contribution in [0.4, 0.5) is 5.69 Å². The van der Waals surface area contributed by atoms with E-state index in [-0.39, 0.29) is 5.91 Å². The molecule has 0 radical (unpaired) electrons. The van der Waals surface area contributed by atoms with Crippen LogP contribution in [-0.4, -0.2) is 29.0 Å². The molecule has 0 spiro atoms. The minimum atomic E-state index is -0.192. The number of aromatic nitrogens is 2. The fourth-order valence-corrected chi connectivity index (χ4v) is 3.49. The third-order valence-electron chi connectivity index (χ3n) is 4.98. The zero-order chi connectivity index (χ0) is 20.1. The molecule has 1 aromatic carbocycles. The van der Waals surface area contributed by atoms with E-state index in [1.54, 1.807) is 24.5 Å². The zero-order valence-electron chi connectivity index (χ0n) is 16.4. The largest absolute Gasteiger partial charge is 0.457 e. The van der Waals surface area contributed by atoms with Gasteiger partial charge in [-0.05, 0) is 69.3 Å². The summed E-state index contributed by atoms with van der Waals surface area (Å²) in [4.78, 5) is 20.9. The van der Waals surface area contributed by atoms with Gasteiger partial charge in [-0.25, -0.2) is 0 Å². The first kappa shape index (κ1) is 19.1. The number of nitrogens with zero attached hydrogens (tertiary/aromatic N) is 2. The number of anilines is 1. The molecule has 0 aliphatic carbocycles. The Balaban J connectivity index is 1.43. The highest BCUT2D eigenvalue weighted by Gasteiger charge is 2.17. The molecule has 0 unspecified atom stereocenters. The summed E-state index contributed by atoms with van der Waals surface area (Å²) in [6.07, 6.45) is 5.38. The lowest BCUT2D eigenvalue weighted by molar-refractivity contribution is 0.102. The zero-order valence-corrected chi connectivity index (χ0v) is 16.4. The Morgan fingerprint density at radius 3 is 2.62 bits per heavy atom. The molecular weight excluding hydrogens is 364 g/mol. The molecular formula is C23H24N4O2. The normalized spacial score (nSPS) is 14.4. The summed E-state index contributed by atoms with van der Waals surface area (Å²) in [6.45, 7) is 4.06. The van der Waals surface area contributed by atoms with Gasteiger partial charge in [0.15, 0.2) is 0 Å². The van der Waals surface area contributed by atoms with E-state index in [0.29, 0.717) is 22.9 Å². The number of nitrogens with one attached hydrogen (secondary N) is 2. The number of hydrogen-bond acceptors (Lipinski definition) is 5. The highest BCUT2D eigenvalue weighted by molar-refractivity contribution is 6.04. The van der Waals surface area contributed by atoms with Crippen LogP contribution in [0.5, 0.6) is 11.5 Å². The maximum Gasteiger partial charge on any atom is 0.257 e. The number of ether oxygens (including phenoxy) is 1. The number of pyridine rings is 2. The molecule has 1 amide bonds. The topological polar surface area (TPSA) is 76.1 Å². The van der Waals surface area contributed by atoms with Gasteiger partial charge in [0.05, 0.1) is 5.56 Å². The number of hydrogen-bond donors (Lipinski definition) is 2. The first-order valence-corrected chi connectivity index (χ1v) is 9.86. The van der Waals surface area contributed by atoms with E-state index in [9.17, 15) is 4.79 Å². The van der Waals surface area contributed by atoms with Crippen LogP contribution in [0.1, 0.15) is 40.5 Å². The van der Waals surface area contributed by atoms with Crippen LogP contribution >= 0.6 is 0 Å². The first-order valence-electron chi connectivity index (χ1n) is 9.86. The summed E-state index contributed by atoms with van der Waals surface area (Å²) >= 11 is 0. The summed E-state index contributed by atoms with van der Waals surface area (Å²) < 4.78 is 6.06. The van der Waals surface area contributed by atoms with Crippen LogP contribution in [0.2, 0.25) is 0 Å². The Morgan fingerprint density at radius 1 is 1.10 bits per heavy atom. The van der Waals surface area contributed by atoms with Crippen molar-refractivity contribution in [2.24, 2.45) is 0 Å². The monoisotopic (exact) mass is 388 g/mol. The van der Waals surface area contributed by atoms with Crippen molar-refractivity contribution in [3.63, 3.8) is 0 Å². The van der Waals surface area contributed by atoms with Crippen LogP contribution in [0.25, 0.3) is 0 Å². The van der Waals surface area contributed by atoms with E-state index in [2.05, 4.69) is 15.6 Å². The second kappa shape index (κ2) is 8.84. The average Bonchev–Trinajstić information content (AvgIpc) is 2.76. The van der Waals surface area contributed by atoms with Crippen molar-refractivity contribution >= 4 is 11.6 Å². The van der Waals surface area contributed by atoms with Gasteiger partial charge < -0.3 is 15.4 Å². The molecule has 0 atom stereocenters. The Kier molecular flexibility index (Phi) is 5.81.